The molecule has 0 aliphatic rings. The van der Waals surface area contributed by atoms with Crippen LogP contribution < -0.4 is 10.1 Å². The highest BCUT2D eigenvalue weighted by molar-refractivity contribution is 5.76. The zero-order chi connectivity index (χ0) is 17.4. The van der Waals surface area contributed by atoms with Gasteiger partial charge in [0.2, 0.25) is 5.91 Å². The fourth-order valence-electron chi connectivity index (χ4n) is 2.21. The number of aliphatic hydroxyl groups excluding tert-OH is 1. The predicted molar refractivity (Wildman–Crippen MR) is 85.5 cm³/mol. The van der Waals surface area contributed by atoms with Crippen LogP contribution in [-0.2, 0) is 17.8 Å². The van der Waals surface area contributed by atoms with Crippen molar-refractivity contribution in [1.29, 1.82) is 0 Å². The van der Waals surface area contributed by atoms with E-state index >= 15 is 0 Å². The van der Waals surface area contributed by atoms with Crippen LogP contribution in [0.5, 0.6) is 5.75 Å². The molecular formula is C18H19F2NO3. The monoisotopic (exact) mass is 335 g/mol. The number of para-hydroxylation sites is 1. The summed E-state index contributed by atoms with van der Waals surface area (Å²) in [6.45, 7) is 0.329. The van der Waals surface area contributed by atoms with Gasteiger partial charge in [-0.05, 0) is 36.2 Å². The van der Waals surface area contributed by atoms with Crippen LogP contribution in [0.3, 0.4) is 0 Å². The Labute approximate surface area is 139 Å². The number of rotatable bonds is 8. The summed E-state index contributed by atoms with van der Waals surface area (Å²) < 4.78 is 32.0. The van der Waals surface area contributed by atoms with Gasteiger partial charge < -0.3 is 15.2 Å². The largest absolute Gasteiger partial charge is 0.491 e. The lowest BCUT2D eigenvalue weighted by Gasteiger charge is -2.11. The van der Waals surface area contributed by atoms with E-state index in [1.165, 1.54) is 0 Å². The predicted octanol–water partition coefficient (Wildman–Crippen LogP) is 2.58. The van der Waals surface area contributed by atoms with Crippen LogP contribution in [0.1, 0.15) is 17.5 Å². The van der Waals surface area contributed by atoms with Crippen LogP contribution in [0.25, 0.3) is 0 Å². The molecule has 2 aromatic rings. The van der Waals surface area contributed by atoms with Crippen molar-refractivity contribution in [3.8, 4) is 5.75 Å². The van der Waals surface area contributed by atoms with E-state index in [4.69, 9.17) is 9.84 Å². The summed E-state index contributed by atoms with van der Waals surface area (Å²) in [5.74, 6) is -0.729. The summed E-state index contributed by atoms with van der Waals surface area (Å²) in [6, 6.07) is 10.4. The highest BCUT2D eigenvalue weighted by Gasteiger charge is 2.09. The minimum absolute atomic E-state index is 0.0556. The fraction of sp³-hybridized carbons (Fsp3) is 0.278. The molecule has 0 aromatic heterocycles. The third-order valence-corrected chi connectivity index (χ3v) is 3.43. The minimum atomic E-state index is -0.526. The number of hydrogen-bond donors (Lipinski definition) is 2. The van der Waals surface area contributed by atoms with Crippen LogP contribution in [-0.4, -0.2) is 24.2 Å². The number of amides is 1. The first-order valence-electron chi connectivity index (χ1n) is 7.62. The van der Waals surface area contributed by atoms with Gasteiger partial charge in [-0.15, -0.1) is 0 Å². The molecule has 6 heteroatoms. The summed E-state index contributed by atoms with van der Waals surface area (Å²) in [4.78, 5) is 11.9. The molecule has 0 saturated heterocycles. The van der Waals surface area contributed by atoms with Crippen molar-refractivity contribution in [1.82, 2.24) is 5.32 Å². The van der Waals surface area contributed by atoms with Gasteiger partial charge in [0.15, 0.2) is 0 Å². The van der Waals surface area contributed by atoms with E-state index in [2.05, 4.69) is 5.32 Å². The van der Waals surface area contributed by atoms with Crippen LogP contribution >= 0.6 is 0 Å². The average molecular weight is 335 g/mol. The molecule has 0 saturated carbocycles. The lowest BCUT2D eigenvalue weighted by atomic mass is 10.1. The van der Waals surface area contributed by atoms with Gasteiger partial charge in [-0.2, -0.15) is 0 Å². The number of aryl methyl sites for hydroxylation is 1. The summed E-state index contributed by atoms with van der Waals surface area (Å²) in [5.41, 5.74) is 0.952. The van der Waals surface area contributed by atoms with E-state index in [0.29, 0.717) is 5.75 Å². The van der Waals surface area contributed by atoms with Crippen molar-refractivity contribution in [3.05, 3.63) is 65.2 Å². The van der Waals surface area contributed by atoms with Crippen molar-refractivity contribution in [2.24, 2.45) is 0 Å². The van der Waals surface area contributed by atoms with Gasteiger partial charge in [0.1, 0.15) is 24.0 Å². The van der Waals surface area contributed by atoms with Crippen LogP contribution in [0.15, 0.2) is 42.5 Å². The second kappa shape index (κ2) is 8.98. The van der Waals surface area contributed by atoms with Crippen LogP contribution in [0, 0.1) is 11.6 Å². The van der Waals surface area contributed by atoms with Crippen molar-refractivity contribution >= 4 is 5.91 Å². The fourth-order valence-corrected chi connectivity index (χ4v) is 2.21. The first kappa shape index (κ1) is 17.9. The lowest BCUT2D eigenvalue weighted by Crippen LogP contribution is -2.23. The van der Waals surface area contributed by atoms with Crippen LogP contribution in [0.4, 0.5) is 8.78 Å². The maximum atomic E-state index is 13.5. The number of hydrogen-bond acceptors (Lipinski definition) is 3. The quantitative estimate of drug-likeness (QED) is 0.780. The van der Waals surface area contributed by atoms with Gasteiger partial charge in [-0.1, -0.05) is 18.2 Å². The SMILES string of the molecule is O=C(CCc1cc(F)ccc1F)NCc1ccccc1OCCO. The molecule has 2 aromatic carbocycles. The Bertz CT molecular complexity index is 692. The van der Waals surface area contributed by atoms with Crippen molar-refractivity contribution in [2.45, 2.75) is 19.4 Å². The second-order valence-corrected chi connectivity index (χ2v) is 5.19. The molecule has 0 heterocycles. The molecule has 0 bridgehead atoms. The molecule has 24 heavy (non-hydrogen) atoms. The first-order valence-corrected chi connectivity index (χ1v) is 7.62. The molecule has 0 fully saturated rings. The number of halogens is 2. The molecule has 0 aliphatic heterocycles. The Morgan fingerprint density at radius 1 is 1.12 bits per heavy atom. The van der Waals surface area contributed by atoms with Gasteiger partial charge in [-0.3, -0.25) is 4.79 Å². The van der Waals surface area contributed by atoms with E-state index < -0.39 is 11.6 Å². The summed E-state index contributed by atoms with van der Waals surface area (Å²) in [6.07, 6.45) is 0.179. The van der Waals surface area contributed by atoms with E-state index in [-0.39, 0.29) is 44.1 Å². The van der Waals surface area contributed by atoms with Crippen LogP contribution in [0.2, 0.25) is 0 Å². The smallest absolute Gasteiger partial charge is 0.220 e. The number of aliphatic hydroxyl groups is 1. The molecule has 1 amide bonds. The van der Waals surface area contributed by atoms with Gasteiger partial charge in [-0.25, -0.2) is 8.78 Å². The van der Waals surface area contributed by atoms with Gasteiger partial charge in [0.25, 0.3) is 0 Å². The molecular weight excluding hydrogens is 316 g/mol. The minimum Gasteiger partial charge on any atom is -0.491 e. The standard InChI is InChI=1S/C18H19F2NO3/c19-15-6-7-16(20)13(11-15)5-8-18(23)21-12-14-3-1-2-4-17(14)24-10-9-22/h1-4,6-7,11,22H,5,8-10,12H2,(H,21,23). The summed E-state index contributed by atoms with van der Waals surface area (Å²) in [5, 5.41) is 11.5. The Balaban J connectivity index is 1.86. The van der Waals surface area contributed by atoms with E-state index in [0.717, 1.165) is 23.8 Å². The number of carbonyl (C=O) groups excluding carboxylic acids is 1. The molecule has 128 valence electrons. The van der Waals surface area contributed by atoms with Crippen molar-refractivity contribution in [3.63, 3.8) is 0 Å². The zero-order valence-corrected chi connectivity index (χ0v) is 13.1. The molecule has 0 atom stereocenters. The van der Waals surface area contributed by atoms with Gasteiger partial charge in [0, 0.05) is 18.5 Å². The molecule has 0 radical (unpaired) electrons. The Morgan fingerprint density at radius 2 is 1.92 bits per heavy atom. The molecule has 2 rings (SSSR count). The summed E-state index contributed by atoms with van der Waals surface area (Å²) >= 11 is 0. The number of nitrogens with one attached hydrogen (secondary N) is 1. The third kappa shape index (κ3) is 5.31. The molecule has 0 spiro atoms. The average Bonchev–Trinajstić information content (AvgIpc) is 2.59. The van der Waals surface area contributed by atoms with Crippen molar-refractivity contribution < 1.29 is 23.4 Å². The number of benzene rings is 2. The maximum absolute atomic E-state index is 13.5. The molecule has 4 nitrogen and oxygen atoms in total. The topological polar surface area (TPSA) is 58.6 Å². The molecule has 2 N–H and O–H groups in total. The first-order chi connectivity index (χ1) is 11.6. The Hall–Kier alpha value is -2.47. The van der Waals surface area contributed by atoms with Gasteiger partial charge >= 0.3 is 0 Å². The highest BCUT2D eigenvalue weighted by Crippen LogP contribution is 2.17. The van der Waals surface area contributed by atoms with E-state index in [9.17, 15) is 13.6 Å². The molecule has 0 aliphatic carbocycles. The normalized spacial score (nSPS) is 10.5. The van der Waals surface area contributed by atoms with E-state index in [1.54, 1.807) is 18.2 Å². The zero-order valence-electron chi connectivity index (χ0n) is 13.1. The lowest BCUT2D eigenvalue weighted by molar-refractivity contribution is -0.121. The summed E-state index contributed by atoms with van der Waals surface area (Å²) in [7, 11) is 0. The Morgan fingerprint density at radius 3 is 2.71 bits per heavy atom. The van der Waals surface area contributed by atoms with Crippen molar-refractivity contribution in [2.75, 3.05) is 13.2 Å². The molecule has 0 unspecified atom stereocenters. The Kier molecular flexibility index (Phi) is 6.69. The highest BCUT2D eigenvalue weighted by atomic mass is 19.1. The van der Waals surface area contributed by atoms with E-state index in [1.807, 2.05) is 6.07 Å². The van der Waals surface area contributed by atoms with Gasteiger partial charge in [0.05, 0.1) is 6.61 Å². The second-order valence-electron chi connectivity index (χ2n) is 5.19. The third-order valence-electron chi connectivity index (χ3n) is 3.43. The number of ether oxygens (including phenoxy) is 1. The number of carbonyl (C=O) groups is 1. The maximum Gasteiger partial charge on any atom is 0.220 e.